The number of halogens is 1. The van der Waals surface area contributed by atoms with Crippen LogP contribution in [0.3, 0.4) is 0 Å². The number of amides is 1. The third-order valence-corrected chi connectivity index (χ3v) is 2.89. The number of ether oxygens (including phenoxy) is 1. The summed E-state index contributed by atoms with van der Waals surface area (Å²) in [7, 11) is 0. The van der Waals surface area contributed by atoms with E-state index in [-0.39, 0.29) is 11.9 Å². The first-order chi connectivity index (χ1) is 8.04. The summed E-state index contributed by atoms with van der Waals surface area (Å²) >= 11 is 3.37. The van der Waals surface area contributed by atoms with Crippen molar-refractivity contribution in [3.05, 3.63) is 33.8 Å². The van der Waals surface area contributed by atoms with Crippen molar-refractivity contribution in [1.82, 2.24) is 5.32 Å². The number of hydrogen-bond acceptors (Lipinski definition) is 2. The second kappa shape index (κ2) is 6.77. The molecule has 0 bridgehead atoms. The Morgan fingerprint density at radius 2 is 2.24 bits per heavy atom. The number of carbonyl (C=O) groups is 1. The van der Waals surface area contributed by atoms with E-state index < -0.39 is 0 Å². The minimum atomic E-state index is -0.0593. The molecule has 0 saturated carbocycles. The van der Waals surface area contributed by atoms with Gasteiger partial charge in [-0.15, -0.1) is 0 Å². The van der Waals surface area contributed by atoms with E-state index in [0.29, 0.717) is 18.8 Å². The summed E-state index contributed by atoms with van der Waals surface area (Å²) < 4.78 is 6.17. The topological polar surface area (TPSA) is 38.3 Å². The highest BCUT2D eigenvalue weighted by Gasteiger charge is 2.12. The second-order valence-electron chi connectivity index (χ2n) is 3.99. The van der Waals surface area contributed by atoms with Crippen LogP contribution >= 0.6 is 15.9 Å². The first-order valence-electron chi connectivity index (χ1n) is 5.69. The molecule has 17 heavy (non-hydrogen) atoms. The average Bonchev–Trinajstić information content (AvgIpc) is 2.29. The average molecular weight is 300 g/mol. The van der Waals surface area contributed by atoms with Crippen LogP contribution in [0.2, 0.25) is 0 Å². The predicted molar refractivity (Wildman–Crippen MR) is 72.3 cm³/mol. The summed E-state index contributed by atoms with van der Waals surface area (Å²) in [5.41, 5.74) is 1.66. The first kappa shape index (κ1) is 14.2. The summed E-state index contributed by atoms with van der Waals surface area (Å²) in [5, 5.41) is 2.91. The van der Waals surface area contributed by atoms with Crippen molar-refractivity contribution in [1.29, 1.82) is 0 Å². The largest absolute Gasteiger partial charge is 0.380 e. The Morgan fingerprint density at radius 1 is 1.53 bits per heavy atom. The maximum absolute atomic E-state index is 12.0. The van der Waals surface area contributed by atoms with Crippen molar-refractivity contribution in [2.45, 2.75) is 26.8 Å². The van der Waals surface area contributed by atoms with Crippen molar-refractivity contribution < 1.29 is 9.53 Å². The van der Waals surface area contributed by atoms with E-state index in [1.165, 1.54) is 0 Å². The Hall–Kier alpha value is -0.870. The number of aryl methyl sites for hydroxylation is 1. The number of rotatable bonds is 5. The standard InChI is InChI=1S/C13H18BrNO2/c1-4-17-8-10(3)15-13(16)12-7-11(14)6-5-9(12)2/h5-7,10H,4,8H2,1-3H3,(H,15,16). The highest BCUT2D eigenvalue weighted by molar-refractivity contribution is 9.10. The number of hydrogen-bond donors (Lipinski definition) is 1. The molecule has 0 aliphatic heterocycles. The number of carbonyl (C=O) groups excluding carboxylic acids is 1. The molecule has 1 N–H and O–H groups in total. The lowest BCUT2D eigenvalue weighted by Crippen LogP contribution is -2.36. The van der Waals surface area contributed by atoms with Gasteiger partial charge in [-0.05, 0) is 38.5 Å². The molecule has 94 valence electrons. The van der Waals surface area contributed by atoms with Crippen molar-refractivity contribution in [3.63, 3.8) is 0 Å². The lowest BCUT2D eigenvalue weighted by molar-refractivity contribution is 0.0871. The van der Waals surface area contributed by atoms with E-state index in [4.69, 9.17) is 4.74 Å². The van der Waals surface area contributed by atoms with Crippen molar-refractivity contribution in [2.75, 3.05) is 13.2 Å². The minimum absolute atomic E-state index is 0.0147. The Balaban J connectivity index is 2.66. The molecule has 0 aromatic heterocycles. The molecule has 0 heterocycles. The van der Waals surface area contributed by atoms with Crippen LogP contribution in [0.25, 0.3) is 0 Å². The van der Waals surface area contributed by atoms with Crippen LogP contribution in [0.15, 0.2) is 22.7 Å². The van der Waals surface area contributed by atoms with Gasteiger partial charge in [-0.25, -0.2) is 0 Å². The summed E-state index contributed by atoms with van der Waals surface area (Å²) in [6.07, 6.45) is 0. The molecule has 0 saturated heterocycles. The molecule has 1 atom stereocenters. The normalized spacial score (nSPS) is 12.2. The van der Waals surface area contributed by atoms with Crippen LogP contribution < -0.4 is 5.32 Å². The molecule has 0 aliphatic rings. The van der Waals surface area contributed by atoms with Gasteiger partial charge in [-0.1, -0.05) is 22.0 Å². The fourth-order valence-corrected chi connectivity index (χ4v) is 1.84. The fraction of sp³-hybridized carbons (Fsp3) is 0.462. The summed E-state index contributed by atoms with van der Waals surface area (Å²) in [4.78, 5) is 12.0. The van der Waals surface area contributed by atoms with Crippen LogP contribution in [0, 0.1) is 6.92 Å². The first-order valence-corrected chi connectivity index (χ1v) is 6.48. The summed E-state index contributed by atoms with van der Waals surface area (Å²) in [5.74, 6) is -0.0593. The van der Waals surface area contributed by atoms with Crippen LogP contribution in [0.1, 0.15) is 29.8 Å². The molecule has 1 aromatic carbocycles. The zero-order valence-electron chi connectivity index (χ0n) is 10.4. The molecule has 1 aromatic rings. The molecule has 0 aliphatic carbocycles. The lowest BCUT2D eigenvalue weighted by Gasteiger charge is -2.14. The quantitative estimate of drug-likeness (QED) is 0.908. The molecule has 1 amide bonds. The third-order valence-electron chi connectivity index (χ3n) is 2.39. The van der Waals surface area contributed by atoms with E-state index in [9.17, 15) is 4.79 Å². The van der Waals surface area contributed by atoms with E-state index >= 15 is 0 Å². The Morgan fingerprint density at radius 3 is 2.88 bits per heavy atom. The molecule has 1 rings (SSSR count). The summed E-state index contributed by atoms with van der Waals surface area (Å²) in [6, 6.07) is 5.70. The minimum Gasteiger partial charge on any atom is -0.380 e. The van der Waals surface area contributed by atoms with E-state index in [0.717, 1.165) is 10.0 Å². The molecule has 0 spiro atoms. The number of benzene rings is 1. The lowest BCUT2D eigenvalue weighted by atomic mass is 10.1. The van der Waals surface area contributed by atoms with Gasteiger partial charge in [0.2, 0.25) is 0 Å². The highest BCUT2D eigenvalue weighted by Crippen LogP contribution is 2.16. The van der Waals surface area contributed by atoms with Gasteiger partial charge in [0.05, 0.1) is 6.61 Å². The van der Waals surface area contributed by atoms with Gasteiger partial charge >= 0.3 is 0 Å². The fourth-order valence-electron chi connectivity index (χ4n) is 1.48. The molecule has 0 fully saturated rings. The van der Waals surface area contributed by atoms with Gasteiger partial charge in [0.15, 0.2) is 0 Å². The molecule has 0 radical (unpaired) electrons. The molecule has 3 nitrogen and oxygen atoms in total. The van der Waals surface area contributed by atoms with Crippen molar-refractivity contribution in [3.8, 4) is 0 Å². The van der Waals surface area contributed by atoms with Crippen LogP contribution in [-0.4, -0.2) is 25.2 Å². The zero-order valence-corrected chi connectivity index (χ0v) is 12.0. The Bertz CT molecular complexity index is 393. The summed E-state index contributed by atoms with van der Waals surface area (Å²) in [6.45, 7) is 6.99. The van der Waals surface area contributed by atoms with Gasteiger partial charge < -0.3 is 10.1 Å². The predicted octanol–water partition coefficient (Wildman–Crippen LogP) is 2.91. The van der Waals surface area contributed by atoms with Gasteiger partial charge in [0.25, 0.3) is 5.91 Å². The molecular weight excluding hydrogens is 282 g/mol. The van der Waals surface area contributed by atoms with E-state index in [1.54, 1.807) is 0 Å². The SMILES string of the molecule is CCOCC(C)NC(=O)c1cc(Br)ccc1C. The van der Waals surface area contributed by atoms with E-state index in [2.05, 4.69) is 21.2 Å². The van der Waals surface area contributed by atoms with E-state index in [1.807, 2.05) is 39.0 Å². The second-order valence-corrected chi connectivity index (χ2v) is 4.91. The van der Waals surface area contributed by atoms with Gasteiger partial charge in [-0.2, -0.15) is 0 Å². The zero-order chi connectivity index (χ0) is 12.8. The van der Waals surface area contributed by atoms with Crippen LogP contribution in [-0.2, 0) is 4.74 Å². The molecular formula is C13H18BrNO2. The Kier molecular flexibility index (Phi) is 5.65. The van der Waals surface area contributed by atoms with Gasteiger partial charge in [-0.3, -0.25) is 4.79 Å². The maximum atomic E-state index is 12.0. The van der Waals surface area contributed by atoms with Crippen molar-refractivity contribution in [2.24, 2.45) is 0 Å². The highest BCUT2D eigenvalue weighted by atomic mass is 79.9. The smallest absolute Gasteiger partial charge is 0.251 e. The van der Waals surface area contributed by atoms with Crippen LogP contribution in [0.4, 0.5) is 0 Å². The Labute approximate surface area is 111 Å². The van der Waals surface area contributed by atoms with Gasteiger partial charge in [0.1, 0.15) is 0 Å². The van der Waals surface area contributed by atoms with Crippen molar-refractivity contribution >= 4 is 21.8 Å². The maximum Gasteiger partial charge on any atom is 0.251 e. The monoisotopic (exact) mass is 299 g/mol. The number of nitrogens with one attached hydrogen (secondary N) is 1. The van der Waals surface area contributed by atoms with Gasteiger partial charge in [0, 0.05) is 22.7 Å². The molecule has 1 unspecified atom stereocenters. The third kappa shape index (κ3) is 4.48. The molecule has 4 heteroatoms. The van der Waals surface area contributed by atoms with Crippen LogP contribution in [0.5, 0.6) is 0 Å².